The molecule has 3 unspecified atom stereocenters. The number of ether oxygens (including phenoxy) is 1. The van der Waals surface area contributed by atoms with E-state index >= 15 is 0 Å². The van der Waals surface area contributed by atoms with Crippen LogP contribution in [0.15, 0.2) is 0 Å². The molecular weight excluding hydrogens is 261 g/mol. The molecule has 0 bridgehead atoms. The van der Waals surface area contributed by atoms with Gasteiger partial charge in [0, 0.05) is 17.9 Å². The van der Waals surface area contributed by atoms with Gasteiger partial charge in [-0.3, -0.25) is 4.79 Å². The molecule has 2 aliphatic rings. The normalized spacial score (nSPS) is 37.2. The van der Waals surface area contributed by atoms with Crippen LogP contribution in [0.2, 0.25) is 0 Å². The molecule has 1 heterocycles. The second kappa shape index (κ2) is 4.34. The lowest BCUT2D eigenvalue weighted by atomic mass is 9.46. The zero-order valence-corrected chi connectivity index (χ0v) is 11.0. The lowest BCUT2D eigenvalue weighted by molar-refractivity contribution is -0.226. The Morgan fingerprint density at radius 1 is 1.47 bits per heavy atom. The van der Waals surface area contributed by atoms with Gasteiger partial charge in [0.1, 0.15) is 12.1 Å². The van der Waals surface area contributed by atoms with Crippen LogP contribution in [0.25, 0.3) is 0 Å². The van der Waals surface area contributed by atoms with Crippen LogP contribution in [0.1, 0.15) is 26.7 Å². The predicted molar refractivity (Wildman–Crippen MR) is 62.2 cm³/mol. The molecule has 19 heavy (non-hydrogen) atoms. The number of fused-ring (bicyclic) bond motifs is 1. The van der Waals surface area contributed by atoms with E-state index in [2.05, 4.69) is 0 Å². The van der Waals surface area contributed by atoms with E-state index in [0.717, 1.165) is 6.42 Å². The van der Waals surface area contributed by atoms with Gasteiger partial charge in [-0.2, -0.15) is 13.2 Å². The van der Waals surface area contributed by atoms with Crippen LogP contribution in [0.4, 0.5) is 13.2 Å². The van der Waals surface area contributed by atoms with E-state index in [1.807, 2.05) is 5.32 Å². The number of carbonyl (C=O) groups excluding carboxylic acids is 1. The molecule has 0 spiro atoms. The van der Waals surface area contributed by atoms with Crippen molar-refractivity contribution in [2.24, 2.45) is 17.1 Å². The molecule has 0 aromatic carbocycles. The number of rotatable bonds is 2. The van der Waals surface area contributed by atoms with Crippen LogP contribution < -0.4 is 11.1 Å². The van der Waals surface area contributed by atoms with Crippen LogP contribution >= 0.6 is 0 Å². The van der Waals surface area contributed by atoms with Crippen LogP contribution in [0.5, 0.6) is 0 Å². The van der Waals surface area contributed by atoms with Crippen molar-refractivity contribution in [3.63, 3.8) is 0 Å². The number of nitrogens with one attached hydrogen (secondary N) is 1. The smallest absolute Gasteiger partial charge is 0.377 e. The number of carbonyl (C=O) groups is 1. The molecule has 110 valence electrons. The summed E-state index contributed by atoms with van der Waals surface area (Å²) in [5, 5.41) is 1.91. The van der Waals surface area contributed by atoms with Gasteiger partial charge >= 0.3 is 6.18 Å². The summed E-state index contributed by atoms with van der Waals surface area (Å²) in [5.74, 6) is -0.939. The molecule has 7 heteroatoms. The quantitative estimate of drug-likeness (QED) is 0.799. The molecule has 0 radical (unpaired) electrons. The summed E-state index contributed by atoms with van der Waals surface area (Å²) in [5.41, 5.74) is 4.20. The number of nitrogens with two attached hydrogens (primary N) is 1. The maximum atomic E-state index is 12.2. The minimum absolute atomic E-state index is 0.150. The van der Waals surface area contributed by atoms with E-state index in [0.29, 0.717) is 13.0 Å². The second-order valence-electron chi connectivity index (χ2n) is 5.93. The Morgan fingerprint density at radius 3 is 2.68 bits per heavy atom. The number of alkyl halides is 3. The first kappa shape index (κ1) is 14.6. The van der Waals surface area contributed by atoms with Gasteiger partial charge in [0.15, 0.2) is 0 Å². The van der Waals surface area contributed by atoms with Gasteiger partial charge in [-0.25, -0.2) is 0 Å². The van der Waals surface area contributed by atoms with Crippen molar-refractivity contribution in [3.8, 4) is 0 Å². The molecule has 0 aromatic rings. The Kier molecular flexibility index (Phi) is 3.33. The Balaban J connectivity index is 2.10. The van der Waals surface area contributed by atoms with Gasteiger partial charge in [-0.05, 0) is 12.8 Å². The largest absolute Gasteiger partial charge is 0.405 e. The molecule has 3 atom stereocenters. The fourth-order valence-corrected chi connectivity index (χ4v) is 3.36. The second-order valence-corrected chi connectivity index (χ2v) is 5.93. The molecular formula is C12H19F3N2O2. The lowest BCUT2D eigenvalue weighted by Crippen LogP contribution is -2.82. The summed E-state index contributed by atoms with van der Waals surface area (Å²) < 4.78 is 42.1. The summed E-state index contributed by atoms with van der Waals surface area (Å²) in [4.78, 5) is 12.1. The van der Waals surface area contributed by atoms with E-state index < -0.39 is 29.6 Å². The van der Waals surface area contributed by atoms with Crippen LogP contribution in [0, 0.1) is 11.3 Å². The fourth-order valence-electron chi connectivity index (χ4n) is 3.36. The molecule has 2 fully saturated rings. The molecule has 1 amide bonds. The minimum atomic E-state index is -4.43. The molecule has 0 aromatic heterocycles. The van der Waals surface area contributed by atoms with Gasteiger partial charge < -0.3 is 15.8 Å². The first-order valence-electron chi connectivity index (χ1n) is 6.36. The van der Waals surface area contributed by atoms with E-state index in [4.69, 9.17) is 10.5 Å². The standard InChI is InChI=1S/C12H19F3N2O2/c1-10(2)8-7(4-3-5-19-8)12(10,16)9(18)17-6-11(13,14)15/h7-8H,3-6,16H2,1-2H3,(H,17,18). The van der Waals surface area contributed by atoms with Crippen LogP contribution in [-0.4, -0.2) is 36.9 Å². The van der Waals surface area contributed by atoms with Crippen molar-refractivity contribution in [2.45, 2.75) is 44.5 Å². The molecule has 4 nitrogen and oxygen atoms in total. The van der Waals surface area contributed by atoms with Gasteiger partial charge in [0.2, 0.25) is 5.91 Å². The van der Waals surface area contributed by atoms with Crippen molar-refractivity contribution >= 4 is 5.91 Å². The van der Waals surface area contributed by atoms with Crippen LogP contribution in [-0.2, 0) is 9.53 Å². The molecule has 3 N–H and O–H groups in total. The van der Waals surface area contributed by atoms with Crippen molar-refractivity contribution in [2.75, 3.05) is 13.2 Å². The molecule has 1 aliphatic carbocycles. The zero-order valence-electron chi connectivity index (χ0n) is 11.0. The highest BCUT2D eigenvalue weighted by Crippen LogP contribution is 2.57. The van der Waals surface area contributed by atoms with Gasteiger partial charge in [-0.1, -0.05) is 13.8 Å². The number of amides is 1. The first-order valence-corrected chi connectivity index (χ1v) is 6.36. The fraction of sp³-hybridized carbons (Fsp3) is 0.917. The van der Waals surface area contributed by atoms with Crippen molar-refractivity contribution < 1.29 is 22.7 Å². The Morgan fingerprint density at radius 2 is 2.11 bits per heavy atom. The van der Waals surface area contributed by atoms with Gasteiger partial charge in [0.25, 0.3) is 0 Å². The van der Waals surface area contributed by atoms with Crippen LogP contribution in [0.3, 0.4) is 0 Å². The predicted octanol–water partition coefficient (Wildman–Crippen LogP) is 1.20. The lowest BCUT2D eigenvalue weighted by Gasteiger charge is -2.65. The number of hydrogen-bond acceptors (Lipinski definition) is 3. The summed E-state index contributed by atoms with van der Waals surface area (Å²) >= 11 is 0. The molecule has 1 saturated heterocycles. The highest BCUT2D eigenvalue weighted by Gasteiger charge is 2.70. The molecule has 2 rings (SSSR count). The Bertz CT molecular complexity index is 384. The third kappa shape index (κ3) is 2.12. The summed E-state index contributed by atoms with van der Waals surface area (Å²) in [6.07, 6.45) is -3.09. The number of halogens is 3. The van der Waals surface area contributed by atoms with Gasteiger partial charge in [-0.15, -0.1) is 0 Å². The highest BCUT2D eigenvalue weighted by atomic mass is 19.4. The monoisotopic (exact) mass is 280 g/mol. The van der Waals surface area contributed by atoms with E-state index in [-0.39, 0.29) is 12.0 Å². The minimum Gasteiger partial charge on any atom is -0.377 e. The highest BCUT2D eigenvalue weighted by molar-refractivity contribution is 5.89. The van der Waals surface area contributed by atoms with Crippen molar-refractivity contribution in [1.29, 1.82) is 0 Å². The summed E-state index contributed by atoms with van der Waals surface area (Å²) in [6.45, 7) is 2.81. The van der Waals surface area contributed by atoms with Gasteiger partial charge in [0.05, 0.1) is 6.10 Å². The first-order chi connectivity index (χ1) is 8.61. The molecule has 1 saturated carbocycles. The Hall–Kier alpha value is -0.820. The van der Waals surface area contributed by atoms with Crippen molar-refractivity contribution in [3.05, 3.63) is 0 Å². The van der Waals surface area contributed by atoms with E-state index in [1.165, 1.54) is 0 Å². The Labute approximate surface area is 109 Å². The SMILES string of the molecule is CC1(C)C2OCCCC2C1(N)C(=O)NCC(F)(F)F. The molecule has 1 aliphatic heterocycles. The summed E-state index contributed by atoms with van der Waals surface area (Å²) in [6, 6.07) is 0. The maximum absolute atomic E-state index is 12.2. The number of hydrogen-bond donors (Lipinski definition) is 2. The van der Waals surface area contributed by atoms with E-state index in [1.54, 1.807) is 13.8 Å². The zero-order chi connectivity index (χ0) is 14.5. The average Bonchev–Trinajstić information content (AvgIpc) is 2.34. The third-order valence-electron chi connectivity index (χ3n) is 4.51. The maximum Gasteiger partial charge on any atom is 0.405 e. The van der Waals surface area contributed by atoms with Crippen molar-refractivity contribution in [1.82, 2.24) is 5.32 Å². The topological polar surface area (TPSA) is 64.3 Å². The summed E-state index contributed by atoms with van der Waals surface area (Å²) in [7, 11) is 0. The van der Waals surface area contributed by atoms with E-state index in [9.17, 15) is 18.0 Å². The third-order valence-corrected chi connectivity index (χ3v) is 4.51. The average molecular weight is 280 g/mol.